The third kappa shape index (κ3) is 3.78. The van der Waals surface area contributed by atoms with Crippen LogP contribution in [0.1, 0.15) is 23.2 Å². The summed E-state index contributed by atoms with van der Waals surface area (Å²) in [5, 5.41) is 0. The van der Waals surface area contributed by atoms with Crippen molar-refractivity contribution in [3.8, 4) is 0 Å². The van der Waals surface area contributed by atoms with E-state index >= 15 is 0 Å². The molecule has 6 heteroatoms. The number of esters is 1. The highest BCUT2D eigenvalue weighted by molar-refractivity contribution is 5.94. The molecule has 0 aromatic heterocycles. The number of halogens is 1. The molecular weight excluding hydrogens is 275 g/mol. The molecule has 0 saturated carbocycles. The standard InChI is InChI=1S/C15H19FN2O3/c1-21-14(19)7-10-6-11(17)9-18(8-10)15(20)12-4-2-3-5-13(12)16/h2-5,10-11H,6-9,17H2,1H3. The summed E-state index contributed by atoms with van der Waals surface area (Å²) in [5.74, 6) is -1.33. The first-order valence-corrected chi connectivity index (χ1v) is 6.87. The van der Waals surface area contributed by atoms with Crippen molar-refractivity contribution in [2.24, 2.45) is 11.7 Å². The molecule has 0 aliphatic carbocycles. The van der Waals surface area contributed by atoms with Crippen LogP contribution < -0.4 is 5.73 Å². The van der Waals surface area contributed by atoms with Gasteiger partial charge in [-0.2, -0.15) is 0 Å². The van der Waals surface area contributed by atoms with Crippen molar-refractivity contribution in [2.45, 2.75) is 18.9 Å². The topological polar surface area (TPSA) is 72.6 Å². The molecular formula is C15H19FN2O3. The molecule has 2 unspecified atom stereocenters. The van der Waals surface area contributed by atoms with Crippen molar-refractivity contribution in [3.05, 3.63) is 35.6 Å². The average Bonchev–Trinajstić information content (AvgIpc) is 2.46. The molecule has 2 rings (SSSR count). The van der Waals surface area contributed by atoms with Gasteiger partial charge in [-0.3, -0.25) is 9.59 Å². The first-order valence-electron chi connectivity index (χ1n) is 6.87. The fourth-order valence-electron chi connectivity index (χ4n) is 2.68. The van der Waals surface area contributed by atoms with Gasteiger partial charge in [0, 0.05) is 19.1 Å². The van der Waals surface area contributed by atoms with Gasteiger partial charge >= 0.3 is 5.97 Å². The first-order chi connectivity index (χ1) is 10.0. The molecule has 1 aliphatic heterocycles. The number of ether oxygens (including phenoxy) is 1. The van der Waals surface area contributed by atoms with Gasteiger partial charge in [-0.25, -0.2) is 4.39 Å². The molecule has 1 fully saturated rings. The highest BCUT2D eigenvalue weighted by Gasteiger charge is 2.31. The van der Waals surface area contributed by atoms with Gasteiger partial charge < -0.3 is 15.4 Å². The lowest BCUT2D eigenvalue weighted by Gasteiger charge is -2.36. The van der Waals surface area contributed by atoms with Crippen molar-refractivity contribution in [3.63, 3.8) is 0 Å². The zero-order valence-electron chi connectivity index (χ0n) is 11.9. The predicted molar refractivity (Wildman–Crippen MR) is 75.0 cm³/mol. The molecule has 1 aromatic rings. The first kappa shape index (κ1) is 15.4. The van der Waals surface area contributed by atoms with E-state index in [0.29, 0.717) is 19.5 Å². The van der Waals surface area contributed by atoms with E-state index in [9.17, 15) is 14.0 Å². The number of hydrogen-bond donors (Lipinski definition) is 1. The van der Waals surface area contributed by atoms with Crippen LogP contribution in [0, 0.1) is 11.7 Å². The minimum Gasteiger partial charge on any atom is -0.469 e. The zero-order valence-corrected chi connectivity index (χ0v) is 11.9. The van der Waals surface area contributed by atoms with Gasteiger partial charge in [0.15, 0.2) is 0 Å². The summed E-state index contributed by atoms with van der Waals surface area (Å²) in [6.07, 6.45) is 0.863. The SMILES string of the molecule is COC(=O)CC1CC(N)CN(C(=O)c2ccccc2F)C1. The van der Waals surface area contributed by atoms with E-state index in [-0.39, 0.29) is 29.9 Å². The molecule has 0 bridgehead atoms. The van der Waals surface area contributed by atoms with Crippen LogP contribution >= 0.6 is 0 Å². The summed E-state index contributed by atoms with van der Waals surface area (Å²) < 4.78 is 18.3. The van der Waals surface area contributed by atoms with Gasteiger partial charge in [0.25, 0.3) is 5.91 Å². The zero-order chi connectivity index (χ0) is 15.4. The molecule has 1 saturated heterocycles. The van der Waals surface area contributed by atoms with Gasteiger partial charge in [0.05, 0.1) is 19.1 Å². The van der Waals surface area contributed by atoms with Crippen LogP contribution in [-0.2, 0) is 9.53 Å². The Kier molecular flexibility index (Phi) is 4.90. The van der Waals surface area contributed by atoms with E-state index < -0.39 is 11.7 Å². The molecule has 1 amide bonds. The minimum atomic E-state index is -0.550. The molecule has 0 radical (unpaired) electrons. The monoisotopic (exact) mass is 294 g/mol. The Balaban J connectivity index is 2.10. The van der Waals surface area contributed by atoms with Crippen molar-refractivity contribution in [2.75, 3.05) is 20.2 Å². The maximum Gasteiger partial charge on any atom is 0.305 e. The summed E-state index contributed by atoms with van der Waals surface area (Å²) in [7, 11) is 1.33. The van der Waals surface area contributed by atoms with Crippen molar-refractivity contribution in [1.82, 2.24) is 4.90 Å². The van der Waals surface area contributed by atoms with Crippen molar-refractivity contribution >= 4 is 11.9 Å². The van der Waals surface area contributed by atoms with Gasteiger partial charge in [-0.05, 0) is 24.5 Å². The van der Waals surface area contributed by atoms with E-state index in [4.69, 9.17) is 5.73 Å². The number of nitrogens with zero attached hydrogens (tertiary/aromatic N) is 1. The van der Waals surface area contributed by atoms with Crippen LogP contribution in [0.4, 0.5) is 4.39 Å². The quantitative estimate of drug-likeness (QED) is 0.850. The minimum absolute atomic E-state index is 0.0309. The number of rotatable bonds is 3. The Morgan fingerprint density at radius 2 is 2.10 bits per heavy atom. The van der Waals surface area contributed by atoms with Crippen molar-refractivity contribution in [1.29, 1.82) is 0 Å². The number of benzene rings is 1. The molecule has 21 heavy (non-hydrogen) atoms. The Morgan fingerprint density at radius 1 is 1.38 bits per heavy atom. The number of likely N-dealkylation sites (tertiary alicyclic amines) is 1. The second-order valence-corrected chi connectivity index (χ2v) is 5.33. The van der Waals surface area contributed by atoms with E-state index in [1.807, 2.05) is 0 Å². The maximum atomic E-state index is 13.7. The highest BCUT2D eigenvalue weighted by atomic mass is 19.1. The molecule has 2 atom stereocenters. The molecule has 5 nitrogen and oxygen atoms in total. The Hall–Kier alpha value is -1.95. The van der Waals surface area contributed by atoms with Crippen molar-refractivity contribution < 1.29 is 18.7 Å². The average molecular weight is 294 g/mol. The number of methoxy groups -OCH3 is 1. The number of amides is 1. The second-order valence-electron chi connectivity index (χ2n) is 5.33. The van der Waals surface area contributed by atoms with Gasteiger partial charge in [-0.1, -0.05) is 12.1 Å². The Bertz CT molecular complexity index is 535. The van der Waals surface area contributed by atoms with Gasteiger partial charge in [-0.15, -0.1) is 0 Å². The number of piperidine rings is 1. The van der Waals surface area contributed by atoms with E-state index in [1.54, 1.807) is 6.07 Å². The Labute approximate surface area is 122 Å². The van der Waals surface area contributed by atoms with Crippen LogP contribution in [0.2, 0.25) is 0 Å². The normalized spacial score (nSPS) is 22.0. The molecule has 1 heterocycles. The maximum absolute atomic E-state index is 13.7. The number of nitrogens with two attached hydrogens (primary N) is 1. The number of hydrogen-bond acceptors (Lipinski definition) is 4. The summed E-state index contributed by atoms with van der Waals surface area (Å²) in [5.41, 5.74) is 5.98. The lowest BCUT2D eigenvalue weighted by atomic mass is 9.91. The smallest absolute Gasteiger partial charge is 0.305 e. The number of carbonyl (C=O) groups excluding carboxylic acids is 2. The fourth-order valence-corrected chi connectivity index (χ4v) is 2.68. The highest BCUT2D eigenvalue weighted by Crippen LogP contribution is 2.22. The van der Waals surface area contributed by atoms with Crippen LogP contribution in [-0.4, -0.2) is 43.0 Å². The predicted octanol–water partition coefficient (Wildman–Crippen LogP) is 1.18. The summed E-state index contributed by atoms with van der Waals surface area (Å²) in [4.78, 5) is 25.3. The van der Waals surface area contributed by atoms with Crippen LogP contribution in [0.5, 0.6) is 0 Å². The third-order valence-corrected chi connectivity index (χ3v) is 3.64. The lowest BCUT2D eigenvalue weighted by molar-refractivity contribution is -0.142. The summed E-state index contributed by atoms with van der Waals surface area (Å²) in [6.45, 7) is 0.751. The number of carbonyl (C=O) groups is 2. The van der Waals surface area contributed by atoms with Crippen LogP contribution in [0.3, 0.4) is 0 Å². The molecule has 114 valence electrons. The summed E-state index contributed by atoms with van der Waals surface area (Å²) >= 11 is 0. The van der Waals surface area contributed by atoms with Crippen LogP contribution in [0.15, 0.2) is 24.3 Å². The van der Waals surface area contributed by atoms with E-state index in [1.165, 1.54) is 30.2 Å². The molecule has 2 N–H and O–H groups in total. The molecule has 0 spiro atoms. The van der Waals surface area contributed by atoms with E-state index in [2.05, 4.69) is 4.74 Å². The van der Waals surface area contributed by atoms with E-state index in [0.717, 1.165) is 0 Å². The largest absolute Gasteiger partial charge is 0.469 e. The van der Waals surface area contributed by atoms with Crippen LogP contribution in [0.25, 0.3) is 0 Å². The molecule has 1 aliphatic rings. The lowest BCUT2D eigenvalue weighted by Crippen LogP contribution is -2.50. The fraction of sp³-hybridized carbons (Fsp3) is 0.467. The third-order valence-electron chi connectivity index (χ3n) is 3.64. The molecule has 1 aromatic carbocycles. The second kappa shape index (κ2) is 6.67. The Morgan fingerprint density at radius 3 is 2.76 bits per heavy atom. The van der Waals surface area contributed by atoms with Gasteiger partial charge in [0.1, 0.15) is 5.82 Å². The summed E-state index contributed by atoms with van der Waals surface area (Å²) in [6, 6.07) is 5.64. The van der Waals surface area contributed by atoms with Gasteiger partial charge in [0.2, 0.25) is 0 Å².